The van der Waals surface area contributed by atoms with Gasteiger partial charge in [0.15, 0.2) is 0 Å². The number of benzene rings is 1. The highest BCUT2D eigenvalue weighted by Gasteiger charge is 2.35. The first-order valence-corrected chi connectivity index (χ1v) is 12.8. The van der Waals surface area contributed by atoms with Crippen molar-refractivity contribution in [2.45, 2.75) is 63.4 Å². The van der Waals surface area contributed by atoms with Gasteiger partial charge in [0.1, 0.15) is 24.5 Å². The predicted octanol–water partition coefficient (Wildman–Crippen LogP) is 2.04. The minimum Gasteiger partial charge on any atom is -0.447 e. The highest BCUT2D eigenvalue weighted by Crippen LogP contribution is 2.29. The van der Waals surface area contributed by atoms with Crippen LogP contribution in [0.2, 0.25) is 0 Å². The molecule has 0 saturated carbocycles. The summed E-state index contributed by atoms with van der Waals surface area (Å²) in [4.78, 5) is 43.3. The maximum absolute atomic E-state index is 12.8. The van der Waals surface area contributed by atoms with Crippen molar-refractivity contribution in [2.24, 2.45) is 11.5 Å². The van der Waals surface area contributed by atoms with Crippen LogP contribution in [0.1, 0.15) is 62.3 Å². The van der Waals surface area contributed by atoms with E-state index in [0.29, 0.717) is 38.2 Å². The minimum atomic E-state index is -1.10. The molecule has 0 radical (unpaired) electrons. The molecular formula is C27H36N6O5. The van der Waals surface area contributed by atoms with E-state index in [9.17, 15) is 14.4 Å². The lowest BCUT2D eigenvalue weighted by Crippen LogP contribution is -2.51. The summed E-state index contributed by atoms with van der Waals surface area (Å²) < 4.78 is 13.6. The first-order valence-electron chi connectivity index (χ1n) is 12.8. The molecule has 204 valence electrons. The Morgan fingerprint density at radius 2 is 2.00 bits per heavy atom. The van der Waals surface area contributed by atoms with Crippen molar-refractivity contribution in [3.63, 3.8) is 0 Å². The molecule has 2 aromatic rings. The van der Waals surface area contributed by atoms with Crippen molar-refractivity contribution in [1.29, 1.82) is 0 Å². The second kappa shape index (κ2) is 11.8. The number of carbonyl (C=O) groups is 3. The number of amides is 3. The topological polar surface area (TPSA) is 155 Å². The second-order valence-corrected chi connectivity index (χ2v) is 10.3. The van der Waals surface area contributed by atoms with Gasteiger partial charge in [0.2, 0.25) is 11.8 Å². The highest BCUT2D eigenvalue weighted by atomic mass is 16.6. The molecule has 4 rings (SSSR count). The highest BCUT2D eigenvalue weighted by molar-refractivity contribution is 5.85. The van der Waals surface area contributed by atoms with Gasteiger partial charge in [0.25, 0.3) is 0 Å². The van der Waals surface area contributed by atoms with E-state index in [1.54, 1.807) is 20.0 Å². The average molecular weight is 525 g/mol. The summed E-state index contributed by atoms with van der Waals surface area (Å²) in [5.41, 5.74) is 12.2. The fourth-order valence-corrected chi connectivity index (χ4v) is 4.69. The number of primary amides is 1. The summed E-state index contributed by atoms with van der Waals surface area (Å²) in [5, 5.41) is 2.98. The Morgan fingerprint density at radius 1 is 1.24 bits per heavy atom. The van der Waals surface area contributed by atoms with Crippen LogP contribution in [-0.4, -0.2) is 63.7 Å². The van der Waals surface area contributed by atoms with Crippen LogP contribution in [0.4, 0.5) is 4.79 Å². The van der Waals surface area contributed by atoms with Crippen molar-refractivity contribution in [3.8, 4) is 0 Å². The number of nitrogens with zero attached hydrogens (tertiary/aromatic N) is 3. The fourth-order valence-electron chi connectivity index (χ4n) is 4.69. The standard InChI is InChI=1S/C27H36N6O5/c1-27(2,29)25(35)31-21(17-37-15-18-8-4-3-5-9-18)24-30-14-19-10-6-11-20(33(19)24)16-38-26(36)32-13-7-12-22(32)23(28)34/h3-6,8-10,14,20-22H,7,11-13,15-17,29H2,1-2H3,(H2,28,34)(H,31,35). The molecule has 3 unspecified atom stereocenters. The first kappa shape index (κ1) is 27.3. The number of imidazole rings is 1. The van der Waals surface area contributed by atoms with Crippen LogP contribution in [0.3, 0.4) is 0 Å². The molecule has 38 heavy (non-hydrogen) atoms. The Bertz CT molecular complexity index is 1170. The largest absolute Gasteiger partial charge is 0.447 e. The Hall–Kier alpha value is -3.70. The third-order valence-corrected chi connectivity index (χ3v) is 6.73. The molecule has 1 aromatic heterocycles. The van der Waals surface area contributed by atoms with Crippen LogP contribution in [0.25, 0.3) is 6.08 Å². The number of carbonyl (C=O) groups excluding carboxylic acids is 3. The zero-order valence-corrected chi connectivity index (χ0v) is 21.8. The molecular weight excluding hydrogens is 488 g/mol. The zero-order valence-electron chi connectivity index (χ0n) is 21.8. The van der Waals surface area contributed by atoms with Gasteiger partial charge in [-0.05, 0) is 44.7 Å². The van der Waals surface area contributed by atoms with Crippen LogP contribution >= 0.6 is 0 Å². The van der Waals surface area contributed by atoms with Gasteiger partial charge in [-0.1, -0.05) is 36.4 Å². The zero-order chi connectivity index (χ0) is 27.3. The summed E-state index contributed by atoms with van der Waals surface area (Å²) in [6, 6.07) is 8.24. The third-order valence-electron chi connectivity index (χ3n) is 6.73. The monoisotopic (exact) mass is 524 g/mol. The molecule has 3 atom stereocenters. The summed E-state index contributed by atoms with van der Waals surface area (Å²) in [5.74, 6) is -0.299. The molecule has 11 heteroatoms. The molecule has 1 aromatic carbocycles. The maximum Gasteiger partial charge on any atom is 0.410 e. The van der Waals surface area contributed by atoms with Gasteiger partial charge in [-0.25, -0.2) is 9.78 Å². The number of fused-ring (bicyclic) bond motifs is 1. The maximum atomic E-state index is 12.8. The van der Waals surface area contributed by atoms with Gasteiger partial charge in [0, 0.05) is 6.54 Å². The van der Waals surface area contributed by atoms with Gasteiger partial charge < -0.3 is 30.8 Å². The summed E-state index contributed by atoms with van der Waals surface area (Å²) in [6.07, 6.45) is 6.91. The van der Waals surface area contributed by atoms with Crippen LogP contribution in [0, 0.1) is 0 Å². The number of likely N-dealkylation sites (tertiary alicyclic amines) is 1. The van der Waals surface area contributed by atoms with Crippen LogP contribution in [0.15, 0.2) is 42.6 Å². The van der Waals surface area contributed by atoms with Crippen molar-refractivity contribution in [1.82, 2.24) is 19.8 Å². The molecule has 3 heterocycles. The Labute approximate surface area is 222 Å². The van der Waals surface area contributed by atoms with E-state index in [-0.39, 0.29) is 25.2 Å². The summed E-state index contributed by atoms with van der Waals surface area (Å²) in [7, 11) is 0. The van der Waals surface area contributed by atoms with E-state index in [2.05, 4.69) is 10.3 Å². The van der Waals surface area contributed by atoms with Crippen LogP contribution < -0.4 is 16.8 Å². The number of aromatic nitrogens is 2. The number of ether oxygens (including phenoxy) is 2. The Morgan fingerprint density at radius 3 is 2.71 bits per heavy atom. The van der Waals surface area contributed by atoms with Gasteiger partial charge in [-0.2, -0.15) is 0 Å². The molecule has 3 amide bonds. The van der Waals surface area contributed by atoms with Crippen molar-refractivity contribution < 1.29 is 23.9 Å². The van der Waals surface area contributed by atoms with E-state index in [1.165, 1.54) is 4.90 Å². The lowest BCUT2D eigenvalue weighted by Gasteiger charge is -2.29. The number of nitrogens with one attached hydrogen (secondary N) is 1. The summed E-state index contributed by atoms with van der Waals surface area (Å²) in [6.45, 7) is 4.29. The van der Waals surface area contributed by atoms with Crippen molar-refractivity contribution in [3.05, 3.63) is 59.7 Å². The lowest BCUT2D eigenvalue weighted by molar-refractivity contribution is -0.126. The quantitative estimate of drug-likeness (QED) is 0.430. The van der Waals surface area contributed by atoms with Gasteiger partial charge in [-0.15, -0.1) is 0 Å². The molecule has 1 fully saturated rings. The van der Waals surface area contributed by atoms with E-state index in [0.717, 1.165) is 11.3 Å². The summed E-state index contributed by atoms with van der Waals surface area (Å²) >= 11 is 0. The van der Waals surface area contributed by atoms with Gasteiger partial charge in [-0.3, -0.25) is 14.5 Å². The molecule has 11 nitrogen and oxygen atoms in total. The van der Waals surface area contributed by atoms with E-state index in [4.69, 9.17) is 20.9 Å². The Kier molecular flexibility index (Phi) is 8.48. The van der Waals surface area contributed by atoms with E-state index >= 15 is 0 Å². The molecule has 0 spiro atoms. The number of hydrogen-bond acceptors (Lipinski definition) is 7. The molecule has 0 bridgehead atoms. The molecule has 1 saturated heterocycles. The fraction of sp³-hybridized carbons (Fsp3) is 0.481. The number of nitrogens with two attached hydrogens (primary N) is 2. The van der Waals surface area contributed by atoms with Gasteiger partial charge >= 0.3 is 6.09 Å². The number of rotatable bonds is 10. The van der Waals surface area contributed by atoms with Crippen molar-refractivity contribution >= 4 is 24.0 Å². The van der Waals surface area contributed by atoms with Crippen LogP contribution in [0.5, 0.6) is 0 Å². The average Bonchev–Trinajstić information content (AvgIpc) is 3.55. The SMILES string of the molecule is CC(C)(N)C(=O)NC(COCc1ccccc1)c1ncc2n1C(COC(=O)N1CCCC1C(N)=O)CC=C2. The molecule has 0 aliphatic carbocycles. The minimum absolute atomic E-state index is 0.0649. The van der Waals surface area contributed by atoms with Crippen LogP contribution in [-0.2, 0) is 25.7 Å². The second-order valence-electron chi connectivity index (χ2n) is 10.3. The van der Waals surface area contributed by atoms with Gasteiger partial charge in [0.05, 0.1) is 36.7 Å². The number of allylic oxidation sites excluding steroid dienone is 1. The normalized spacial score (nSPS) is 19.6. The molecule has 2 aliphatic rings. The molecule has 2 aliphatic heterocycles. The first-order chi connectivity index (χ1) is 18.1. The van der Waals surface area contributed by atoms with E-state index < -0.39 is 29.6 Å². The third kappa shape index (κ3) is 6.40. The molecule has 5 N–H and O–H groups in total. The van der Waals surface area contributed by atoms with Crippen molar-refractivity contribution in [2.75, 3.05) is 19.8 Å². The van der Waals surface area contributed by atoms with E-state index in [1.807, 2.05) is 47.1 Å². The smallest absolute Gasteiger partial charge is 0.410 e. The predicted molar refractivity (Wildman–Crippen MR) is 140 cm³/mol. The lowest BCUT2D eigenvalue weighted by atomic mass is 10.1. The Balaban J connectivity index is 1.51. The number of hydrogen-bond donors (Lipinski definition) is 3.